The lowest BCUT2D eigenvalue weighted by Gasteiger charge is -2.15. The molecule has 3 aromatic rings. The van der Waals surface area contributed by atoms with Crippen LogP contribution >= 0.6 is 39.1 Å². The summed E-state index contributed by atoms with van der Waals surface area (Å²) in [6.45, 7) is 1.51. The summed E-state index contributed by atoms with van der Waals surface area (Å²) in [5.74, 6) is 0.288. The molecular formula is C23H20BrCl2NO4. The maximum atomic E-state index is 10.9. The standard InChI is InChI=1S/C23H20BrCl2NO4/c1-30-21-9-17(12-27-11-14-2-5-16(6-3-14)23(28)29)18(24)10-22(21)31-13-15-4-7-19(25)20(26)8-15/h2-10,27H,11-13H2,1H3,(H,28,29). The molecule has 0 spiro atoms. The summed E-state index contributed by atoms with van der Waals surface area (Å²) in [5.41, 5.74) is 3.16. The molecule has 8 heteroatoms. The van der Waals surface area contributed by atoms with E-state index < -0.39 is 5.97 Å². The maximum Gasteiger partial charge on any atom is 0.335 e. The lowest BCUT2D eigenvalue weighted by Crippen LogP contribution is -2.13. The van der Waals surface area contributed by atoms with Gasteiger partial charge >= 0.3 is 5.97 Å². The van der Waals surface area contributed by atoms with E-state index in [0.717, 1.165) is 21.2 Å². The number of benzene rings is 3. The van der Waals surface area contributed by atoms with E-state index in [0.29, 0.717) is 41.2 Å². The quantitative estimate of drug-likeness (QED) is 0.342. The van der Waals surface area contributed by atoms with E-state index in [-0.39, 0.29) is 5.56 Å². The first-order valence-electron chi connectivity index (χ1n) is 9.33. The smallest absolute Gasteiger partial charge is 0.335 e. The molecule has 2 N–H and O–H groups in total. The molecule has 31 heavy (non-hydrogen) atoms. The largest absolute Gasteiger partial charge is 0.493 e. The van der Waals surface area contributed by atoms with Crippen LogP contribution in [-0.2, 0) is 19.7 Å². The molecule has 0 aliphatic rings. The Morgan fingerprint density at radius 3 is 2.32 bits per heavy atom. The van der Waals surface area contributed by atoms with Gasteiger partial charge in [-0.3, -0.25) is 0 Å². The van der Waals surface area contributed by atoms with Crippen LogP contribution in [-0.4, -0.2) is 18.2 Å². The Hall–Kier alpha value is -2.25. The number of aromatic carboxylic acids is 1. The molecule has 0 heterocycles. The van der Waals surface area contributed by atoms with Gasteiger partial charge in [0.25, 0.3) is 0 Å². The average Bonchev–Trinajstić information content (AvgIpc) is 2.76. The molecule has 0 fully saturated rings. The van der Waals surface area contributed by atoms with Gasteiger partial charge in [0.1, 0.15) is 6.61 Å². The number of methoxy groups -OCH3 is 1. The minimum Gasteiger partial charge on any atom is -0.493 e. The number of ether oxygens (including phenoxy) is 2. The van der Waals surface area contributed by atoms with Crippen LogP contribution in [0.5, 0.6) is 11.5 Å². The van der Waals surface area contributed by atoms with Gasteiger partial charge in [-0.1, -0.05) is 57.3 Å². The molecule has 0 saturated heterocycles. The molecular weight excluding hydrogens is 505 g/mol. The Morgan fingerprint density at radius 1 is 0.968 bits per heavy atom. The third kappa shape index (κ3) is 6.37. The van der Waals surface area contributed by atoms with Gasteiger partial charge in [0.2, 0.25) is 0 Å². The number of carbonyl (C=O) groups is 1. The van der Waals surface area contributed by atoms with Crippen molar-refractivity contribution in [3.05, 3.63) is 91.4 Å². The van der Waals surface area contributed by atoms with Crippen molar-refractivity contribution in [2.75, 3.05) is 7.11 Å². The molecule has 0 saturated carbocycles. The zero-order chi connectivity index (χ0) is 22.4. The highest BCUT2D eigenvalue weighted by Crippen LogP contribution is 2.34. The number of nitrogens with one attached hydrogen (secondary N) is 1. The summed E-state index contributed by atoms with van der Waals surface area (Å²) in [7, 11) is 1.59. The van der Waals surface area contributed by atoms with Gasteiger partial charge < -0.3 is 19.9 Å². The summed E-state index contributed by atoms with van der Waals surface area (Å²) >= 11 is 15.6. The van der Waals surface area contributed by atoms with Crippen LogP contribution in [0.4, 0.5) is 0 Å². The third-order valence-electron chi connectivity index (χ3n) is 4.56. The lowest BCUT2D eigenvalue weighted by atomic mass is 10.1. The Morgan fingerprint density at radius 2 is 1.68 bits per heavy atom. The van der Waals surface area contributed by atoms with E-state index in [4.69, 9.17) is 37.8 Å². The first-order chi connectivity index (χ1) is 14.9. The Labute approximate surface area is 199 Å². The zero-order valence-electron chi connectivity index (χ0n) is 16.6. The fourth-order valence-electron chi connectivity index (χ4n) is 2.88. The lowest BCUT2D eigenvalue weighted by molar-refractivity contribution is 0.0697. The molecule has 3 rings (SSSR count). The van der Waals surface area contributed by atoms with Crippen LogP contribution in [0.3, 0.4) is 0 Å². The summed E-state index contributed by atoms with van der Waals surface area (Å²) in [6.07, 6.45) is 0. The van der Waals surface area contributed by atoms with Crippen molar-refractivity contribution in [3.8, 4) is 11.5 Å². The minimum atomic E-state index is -0.933. The third-order valence-corrected chi connectivity index (χ3v) is 6.03. The highest BCUT2D eigenvalue weighted by Gasteiger charge is 2.11. The molecule has 0 amide bonds. The summed E-state index contributed by atoms with van der Waals surface area (Å²) in [5, 5.41) is 13.3. The van der Waals surface area contributed by atoms with Gasteiger partial charge in [-0.15, -0.1) is 0 Å². The fourth-order valence-corrected chi connectivity index (χ4v) is 3.67. The Balaban J connectivity index is 1.62. The Bertz CT molecular complexity index is 1070. The van der Waals surface area contributed by atoms with Gasteiger partial charge in [-0.2, -0.15) is 0 Å². The molecule has 0 aliphatic carbocycles. The van der Waals surface area contributed by atoms with Gasteiger partial charge in [0.15, 0.2) is 11.5 Å². The van der Waals surface area contributed by atoms with Crippen molar-refractivity contribution < 1.29 is 19.4 Å². The number of rotatable bonds is 9. The molecule has 3 aromatic carbocycles. The number of halogens is 3. The minimum absolute atomic E-state index is 0.271. The van der Waals surface area contributed by atoms with E-state index in [2.05, 4.69) is 21.2 Å². The van der Waals surface area contributed by atoms with E-state index in [1.807, 2.05) is 18.2 Å². The Kier molecular flexibility index (Phi) is 8.21. The highest BCUT2D eigenvalue weighted by atomic mass is 79.9. The molecule has 0 radical (unpaired) electrons. The van der Waals surface area contributed by atoms with Crippen molar-refractivity contribution in [3.63, 3.8) is 0 Å². The van der Waals surface area contributed by atoms with E-state index in [9.17, 15) is 4.79 Å². The number of carboxylic acids is 1. The van der Waals surface area contributed by atoms with Crippen molar-refractivity contribution in [2.24, 2.45) is 0 Å². The van der Waals surface area contributed by atoms with Gasteiger partial charge in [-0.05, 0) is 53.1 Å². The molecule has 0 unspecified atom stereocenters. The fraction of sp³-hybridized carbons (Fsp3) is 0.174. The van der Waals surface area contributed by atoms with Crippen LogP contribution in [0.2, 0.25) is 10.0 Å². The summed E-state index contributed by atoms with van der Waals surface area (Å²) in [6, 6.07) is 15.9. The monoisotopic (exact) mass is 523 g/mol. The number of carboxylic acid groups (broad SMARTS) is 1. The van der Waals surface area contributed by atoms with Crippen LogP contribution in [0, 0.1) is 0 Å². The summed E-state index contributed by atoms with van der Waals surface area (Å²) in [4.78, 5) is 10.9. The van der Waals surface area contributed by atoms with E-state index in [1.165, 1.54) is 0 Å². The second-order valence-electron chi connectivity index (χ2n) is 6.74. The van der Waals surface area contributed by atoms with Gasteiger partial charge in [-0.25, -0.2) is 4.79 Å². The average molecular weight is 525 g/mol. The van der Waals surface area contributed by atoms with Crippen LogP contribution in [0.25, 0.3) is 0 Å². The first kappa shape index (κ1) is 23.4. The van der Waals surface area contributed by atoms with Crippen LogP contribution in [0.1, 0.15) is 27.0 Å². The molecule has 162 valence electrons. The van der Waals surface area contributed by atoms with Gasteiger partial charge in [0.05, 0.1) is 22.7 Å². The first-order valence-corrected chi connectivity index (χ1v) is 10.9. The second-order valence-corrected chi connectivity index (χ2v) is 8.41. The van der Waals surface area contributed by atoms with Crippen molar-refractivity contribution in [1.29, 1.82) is 0 Å². The molecule has 0 bridgehead atoms. The molecule has 0 atom stereocenters. The predicted octanol–water partition coefficient (Wildman–Crippen LogP) is 6.33. The SMILES string of the molecule is COc1cc(CNCc2ccc(C(=O)O)cc2)c(Br)cc1OCc1ccc(Cl)c(Cl)c1. The van der Waals surface area contributed by atoms with Crippen molar-refractivity contribution in [2.45, 2.75) is 19.7 Å². The number of hydrogen-bond acceptors (Lipinski definition) is 4. The van der Waals surface area contributed by atoms with Crippen LogP contribution in [0.15, 0.2) is 59.1 Å². The summed E-state index contributed by atoms with van der Waals surface area (Å²) < 4.78 is 12.3. The highest BCUT2D eigenvalue weighted by molar-refractivity contribution is 9.10. The van der Waals surface area contributed by atoms with E-state index in [1.54, 1.807) is 43.5 Å². The maximum absolute atomic E-state index is 10.9. The van der Waals surface area contributed by atoms with E-state index >= 15 is 0 Å². The van der Waals surface area contributed by atoms with Crippen molar-refractivity contribution in [1.82, 2.24) is 5.32 Å². The normalized spacial score (nSPS) is 10.7. The zero-order valence-corrected chi connectivity index (χ0v) is 19.7. The predicted molar refractivity (Wildman–Crippen MR) is 125 cm³/mol. The molecule has 0 aromatic heterocycles. The molecule has 0 aliphatic heterocycles. The number of hydrogen-bond donors (Lipinski definition) is 2. The topological polar surface area (TPSA) is 67.8 Å². The van der Waals surface area contributed by atoms with Crippen molar-refractivity contribution >= 4 is 45.1 Å². The van der Waals surface area contributed by atoms with Crippen LogP contribution < -0.4 is 14.8 Å². The second kappa shape index (κ2) is 10.9. The molecule has 5 nitrogen and oxygen atoms in total. The van der Waals surface area contributed by atoms with Gasteiger partial charge in [0, 0.05) is 17.6 Å².